The van der Waals surface area contributed by atoms with E-state index in [-0.39, 0.29) is 0 Å². The first kappa shape index (κ1) is 14.8. The van der Waals surface area contributed by atoms with Crippen molar-refractivity contribution in [3.8, 4) is 16.9 Å². The summed E-state index contributed by atoms with van der Waals surface area (Å²) in [5.41, 5.74) is 8.47. The lowest BCUT2D eigenvalue weighted by atomic mass is 9.80. The van der Waals surface area contributed by atoms with Crippen molar-refractivity contribution in [1.29, 1.82) is 0 Å². The summed E-state index contributed by atoms with van der Waals surface area (Å²) in [6.07, 6.45) is 5.06. The molecule has 2 radical (unpaired) electrons. The van der Waals surface area contributed by atoms with E-state index < -0.39 is 5.50 Å². The van der Waals surface area contributed by atoms with Gasteiger partial charge >= 0.3 is 0 Å². The van der Waals surface area contributed by atoms with Gasteiger partial charge in [0.25, 0.3) is 0 Å². The van der Waals surface area contributed by atoms with Gasteiger partial charge in [0, 0.05) is 10.9 Å². The average molecular weight is 322 g/mol. The van der Waals surface area contributed by atoms with Crippen molar-refractivity contribution >= 4 is 24.7 Å². The highest BCUT2D eigenvalue weighted by atomic mass is 16.5. The molecule has 0 saturated heterocycles. The number of hydrogen-bond acceptors (Lipinski definition) is 1. The fraction of sp³-hybridized carbons (Fsp3) is 0.217. The molecule has 0 spiro atoms. The SMILES string of the molecule is [B]C1(C)C=Cc2c3c(c4cc(C)ccc4c2O1)-c1cc(C)ccc1C3. The third kappa shape index (κ3) is 2.10. The molecule has 0 saturated carbocycles. The molecule has 1 atom stereocenters. The first-order valence-corrected chi connectivity index (χ1v) is 8.79. The Bertz CT molecular complexity index is 1090. The van der Waals surface area contributed by atoms with Gasteiger partial charge in [-0.2, -0.15) is 0 Å². The van der Waals surface area contributed by atoms with Gasteiger partial charge in [-0.15, -0.1) is 0 Å². The second kappa shape index (κ2) is 4.79. The van der Waals surface area contributed by atoms with Crippen molar-refractivity contribution in [2.75, 3.05) is 0 Å². The van der Waals surface area contributed by atoms with Gasteiger partial charge in [-0.1, -0.05) is 59.7 Å². The van der Waals surface area contributed by atoms with Crippen molar-refractivity contribution in [3.05, 3.63) is 70.3 Å². The van der Waals surface area contributed by atoms with Crippen LogP contribution in [0.1, 0.15) is 34.7 Å². The Balaban J connectivity index is 1.94. The molecular formula is C23H19BO. The van der Waals surface area contributed by atoms with Crippen LogP contribution in [0.15, 0.2) is 42.5 Å². The van der Waals surface area contributed by atoms with Crippen molar-refractivity contribution in [2.45, 2.75) is 32.7 Å². The van der Waals surface area contributed by atoms with Crippen molar-refractivity contribution < 1.29 is 4.74 Å². The molecule has 1 aliphatic heterocycles. The van der Waals surface area contributed by atoms with E-state index in [2.05, 4.69) is 56.3 Å². The Morgan fingerprint density at radius 1 is 1.00 bits per heavy atom. The lowest BCUT2D eigenvalue weighted by Crippen LogP contribution is -2.32. The predicted octanol–water partition coefficient (Wildman–Crippen LogP) is 5.32. The molecule has 2 aliphatic rings. The third-order valence-electron chi connectivity index (χ3n) is 5.37. The number of hydrogen-bond donors (Lipinski definition) is 0. The molecule has 2 heteroatoms. The molecular weight excluding hydrogens is 303 g/mol. The monoisotopic (exact) mass is 322 g/mol. The summed E-state index contributed by atoms with van der Waals surface area (Å²) in [5, 5.41) is 2.42. The maximum atomic E-state index is 6.25. The molecule has 5 rings (SSSR count). The van der Waals surface area contributed by atoms with Gasteiger partial charge in [0.15, 0.2) is 0 Å². The van der Waals surface area contributed by atoms with E-state index in [1.807, 2.05) is 13.0 Å². The molecule has 0 aromatic heterocycles. The largest absolute Gasteiger partial charge is 0.492 e. The molecule has 120 valence electrons. The highest BCUT2D eigenvalue weighted by Gasteiger charge is 2.31. The fourth-order valence-corrected chi connectivity index (χ4v) is 4.19. The van der Waals surface area contributed by atoms with Crippen molar-refractivity contribution in [1.82, 2.24) is 0 Å². The van der Waals surface area contributed by atoms with Crippen LogP contribution in [0, 0.1) is 13.8 Å². The molecule has 1 heterocycles. The standard InChI is InChI=1S/C23H19BO/c1-13-4-6-15-12-20-17-8-9-23(3,24)25-22(17)16-7-5-14(2)11-19(16)21(20)18(15)10-13/h4-11H,12H2,1-3H3. The van der Waals surface area contributed by atoms with Gasteiger partial charge in [0.1, 0.15) is 13.6 Å². The molecule has 0 bridgehead atoms. The maximum absolute atomic E-state index is 6.25. The summed E-state index contributed by atoms with van der Waals surface area (Å²) in [5.74, 6) is 0.922. The molecule has 25 heavy (non-hydrogen) atoms. The van der Waals surface area contributed by atoms with Crippen LogP contribution in [0.25, 0.3) is 28.0 Å². The second-order valence-corrected chi connectivity index (χ2v) is 7.60. The maximum Gasteiger partial charge on any atom is 0.137 e. The normalized spacial score (nSPS) is 20.1. The van der Waals surface area contributed by atoms with Crippen LogP contribution in [0.4, 0.5) is 0 Å². The van der Waals surface area contributed by atoms with Crippen LogP contribution >= 0.6 is 0 Å². The molecule has 0 N–H and O–H groups in total. The Morgan fingerprint density at radius 3 is 2.60 bits per heavy atom. The van der Waals surface area contributed by atoms with E-state index in [1.165, 1.54) is 44.3 Å². The minimum Gasteiger partial charge on any atom is -0.492 e. The summed E-state index contributed by atoms with van der Waals surface area (Å²) < 4.78 is 6.21. The smallest absolute Gasteiger partial charge is 0.137 e. The van der Waals surface area contributed by atoms with E-state index in [0.29, 0.717) is 0 Å². The van der Waals surface area contributed by atoms with E-state index in [9.17, 15) is 0 Å². The van der Waals surface area contributed by atoms with Gasteiger partial charge in [-0.25, -0.2) is 0 Å². The minimum atomic E-state index is -0.763. The first-order valence-electron chi connectivity index (χ1n) is 8.79. The quantitative estimate of drug-likeness (QED) is 0.398. The lowest BCUT2D eigenvalue weighted by Gasteiger charge is -2.31. The molecule has 3 aromatic rings. The average Bonchev–Trinajstić information content (AvgIpc) is 2.92. The van der Waals surface area contributed by atoms with Crippen LogP contribution < -0.4 is 4.74 Å². The minimum absolute atomic E-state index is 0.763. The Hall–Kier alpha value is -2.48. The zero-order chi connectivity index (χ0) is 17.3. The Morgan fingerprint density at radius 2 is 1.76 bits per heavy atom. The van der Waals surface area contributed by atoms with Crippen LogP contribution in [-0.2, 0) is 6.42 Å². The summed E-state index contributed by atoms with van der Waals surface area (Å²) in [4.78, 5) is 0. The van der Waals surface area contributed by atoms with Crippen molar-refractivity contribution in [3.63, 3.8) is 0 Å². The van der Waals surface area contributed by atoms with Gasteiger partial charge in [0.2, 0.25) is 0 Å². The topological polar surface area (TPSA) is 9.23 Å². The highest BCUT2D eigenvalue weighted by Crippen LogP contribution is 2.50. The number of benzene rings is 3. The number of rotatable bonds is 0. The Kier molecular flexibility index (Phi) is 2.84. The molecule has 3 aromatic carbocycles. The lowest BCUT2D eigenvalue weighted by molar-refractivity contribution is 0.227. The Labute approximate surface area is 149 Å². The van der Waals surface area contributed by atoms with Crippen LogP contribution in [0.5, 0.6) is 5.75 Å². The third-order valence-corrected chi connectivity index (χ3v) is 5.37. The van der Waals surface area contributed by atoms with E-state index >= 15 is 0 Å². The summed E-state index contributed by atoms with van der Waals surface area (Å²) in [6.45, 7) is 6.20. The van der Waals surface area contributed by atoms with E-state index in [4.69, 9.17) is 12.6 Å². The summed E-state index contributed by atoms with van der Waals surface area (Å²) in [6, 6.07) is 13.4. The van der Waals surface area contributed by atoms with Gasteiger partial charge in [-0.05, 0) is 54.8 Å². The van der Waals surface area contributed by atoms with E-state index in [1.54, 1.807) is 0 Å². The fourth-order valence-electron chi connectivity index (χ4n) is 4.19. The molecule has 1 aliphatic carbocycles. The highest BCUT2D eigenvalue weighted by molar-refractivity contribution is 6.17. The van der Waals surface area contributed by atoms with Crippen LogP contribution in [0.3, 0.4) is 0 Å². The van der Waals surface area contributed by atoms with Crippen LogP contribution in [-0.4, -0.2) is 13.3 Å². The van der Waals surface area contributed by atoms with Gasteiger partial charge < -0.3 is 4.74 Å². The number of ether oxygens (including phenoxy) is 1. The molecule has 1 unspecified atom stereocenters. The zero-order valence-corrected chi connectivity index (χ0v) is 14.8. The first-order chi connectivity index (χ1) is 11.9. The second-order valence-electron chi connectivity index (χ2n) is 7.60. The zero-order valence-electron chi connectivity index (χ0n) is 14.8. The van der Waals surface area contributed by atoms with Gasteiger partial charge in [-0.3, -0.25) is 0 Å². The summed E-state index contributed by atoms with van der Waals surface area (Å²) in [7, 11) is 6.25. The van der Waals surface area contributed by atoms with Crippen LogP contribution in [0.2, 0.25) is 0 Å². The predicted molar refractivity (Wildman–Crippen MR) is 105 cm³/mol. The molecule has 1 nitrogen and oxygen atoms in total. The number of fused-ring (bicyclic) bond motifs is 8. The van der Waals surface area contributed by atoms with E-state index in [0.717, 1.165) is 17.6 Å². The van der Waals surface area contributed by atoms with Crippen molar-refractivity contribution in [2.24, 2.45) is 0 Å². The van der Waals surface area contributed by atoms with Gasteiger partial charge in [0.05, 0.1) is 5.50 Å². The number of aryl methyl sites for hydroxylation is 2. The summed E-state index contributed by atoms with van der Waals surface area (Å²) >= 11 is 0. The molecule has 0 fully saturated rings. The molecule has 0 amide bonds.